The fourth-order valence-corrected chi connectivity index (χ4v) is 4.16. The van der Waals surface area contributed by atoms with Crippen molar-refractivity contribution >= 4 is 32.2 Å². The Morgan fingerprint density at radius 1 is 1.30 bits per heavy atom. The predicted octanol–water partition coefficient (Wildman–Crippen LogP) is 1.20. The second-order valence-electron chi connectivity index (χ2n) is 5.10. The Hall–Kier alpha value is -1.89. The summed E-state index contributed by atoms with van der Waals surface area (Å²) >= 11 is 0. The number of nitrogens with one attached hydrogen (secondary N) is 1. The first-order valence-corrected chi connectivity index (χ1v) is 8.33. The van der Waals surface area contributed by atoms with Crippen LogP contribution in [0, 0.1) is 0 Å². The molecule has 1 aliphatic rings. The third-order valence-corrected chi connectivity index (χ3v) is 5.29. The van der Waals surface area contributed by atoms with Crippen LogP contribution in [0.1, 0.15) is 12.8 Å². The summed E-state index contributed by atoms with van der Waals surface area (Å²) in [5.41, 5.74) is 7.13. The summed E-state index contributed by atoms with van der Waals surface area (Å²) in [6, 6.07) is 5.32. The Morgan fingerprint density at radius 2 is 2.15 bits per heavy atom. The molecule has 3 N–H and O–H groups in total. The van der Waals surface area contributed by atoms with Crippen molar-refractivity contribution in [1.82, 2.24) is 9.97 Å². The van der Waals surface area contributed by atoms with Crippen LogP contribution in [0.15, 0.2) is 24.5 Å². The van der Waals surface area contributed by atoms with Crippen molar-refractivity contribution in [2.45, 2.75) is 18.9 Å². The number of sulfone groups is 1. The van der Waals surface area contributed by atoms with E-state index >= 15 is 0 Å². The minimum atomic E-state index is -2.94. The highest BCUT2D eigenvalue weighted by atomic mass is 32.2. The highest BCUT2D eigenvalue weighted by Crippen LogP contribution is 2.23. The van der Waals surface area contributed by atoms with Crippen molar-refractivity contribution in [2.75, 3.05) is 22.6 Å². The third kappa shape index (κ3) is 2.67. The van der Waals surface area contributed by atoms with Crippen molar-refractivity contribution in [3.05, 3.63) is 24.5 Å². The Kier molecular flexibility index (Phi) is 3.21. The number of hydrogen-bond donors (Lipinski definition) is 2. The molecule has 0 radical (unpaired) electrons. The molecule has 2 heterocycles. The summed E-state index contributed by atoms with van der Waals surface area (Å²) in [5, 5.41) is 4.08. The second-order valence-corrected chi connectivity index (χ2v) is 7.33. The van der Waals surface area contributed by atoms with Crippen molar-refractivity contribution < 1.29 is 8.42 Å². The normalized spacial score (nSPS) is 21.7. The molecule has 6 nitrogen and oxygen atoms in total. The minimum Gasteiger partial charge on any atom is -0.399 e. The van der Waals surface area contributed by atoms with Crippen molar-refractivity contribution in [3.8, 4) is 0 Å². The van der Waals surface area contributed by atoms with Crippen LogP contribution in [0.5, 0.6) is 0 Å². The maximum Gasteiger partial charge on any atom is 0.152 e. The highest BCUT2D eigenvalue weighted by molar-refractivity contribution is 7.91. The van der Waals surface area contributed by atoms with E-state index < -0.39 is 9.84 Å². The topological polar surface area (TPSA) is 98.0 Å². The second kappa shape index (κ2) is 4.90. The molecular weight excluding hydrogens is 276 g/mol. The van der Waals surface area contributed by atoms with E-state index in [-0.39, 0.29) is 17.5 Å². The summed E-state index contributed by atoms with van der Waals surface area (Å²) < 4.78 is 23.3. The Balaban J connectivity index is 1.91. The van der Waals surface area contributed by atoms with Gasteiger partial charge in [-0.05, 0) is 31.0 Å². The zero-order valence-corrected chi connectivity index (χ0v) is 11.7. The first-order valence-electron chi connectivity index (χ1n) is 6.51. The quantitative estimate of drug-likeness (QED) is 0.807. The maximum atomic E-state index is 11.7. The van der Waals surface area contributed by atoms with Crippen LogP contribution in [-0.2, 0) is 9.84 Å². The fraction of sp³-hybridized carbons (Fsp3) is 0.385. The molecular formula is C13H16N4O2S. The number of fused-ring (bicyclic) bond motifs is 1. The molecule has 1 saturated heterocycles. The number of nitrogen functional groups attached to an aromatic ring is 1. The van der Waals surface area contributed by atoms with Gasteiger partial charge in [0.1, 0.15) is 12.1 Å². The Bertz CT molecular complexity index is 745. The summed E-state index contributed by atoms with van der Waals surface area (Å²) in [6.07, 6.45) is 2.98. The highest BCUT2D eigenvalue weighted by Gasteiger charge is 2.25. The van der Waals surface area contributed by atoms with E-state index in [0.717, 1.165) is 17.3 Å². The van der Waals surface area contributed by atoms with Crippen LogP contribution in [-0.4, -0.2) is 35.9 Å². The van der Waals surface area contributed by atoms with Crippen LogP contribution < -0.4 is 11.1 Å². The standard InChI is InChI=1S/C13H16N4O2S/c14-9-3-4-11-12(6-9)15-8-16-13(11)17-10-2-1-5-20(18,19)7-10/h3-4,6,8,10H,1-2,5,7,14H2,(H,15,16,17). The lowest BCUT2D eigenvalue weighted by Crippen LogP contribution is -2.35. The lowest BCUT2D eigenvalue weighted by atomic mass is 10.1. The molecule has 1 fully saturated rings. The van der Waals surface area contributed by atoms with Crippen LogP contribution in [0.3, 0.4) is 0 Å². The average Bonchev–Trinajstić information content (AvgIpc) is 2.37. The van der Waals surface area contributed by atoms with Crippen LogP contribution >= 0.6 is 0 Å². The fourth-order valence-electron chi connectivity index (χ4n) is 2.52. The van der Waals surface area contributed by atoms with Gasteiger partial charge in [0.15, 0.2) is 9.84 Å². The van der Waals surface area contributed by atoms with Crippen molar-refractivity contribution in [2.24, 2.45) is 0 Å². The van der Waals surface area contributed by atoms with E-state index in [2.05, 4.69) is 15.3 Å². The van der Waals surface area contributed by atoms with Gasteiger partial charge in [-0.15, -0.1) is 0 Å². The number of nitrogens with zero attached hydrogens (tertiary/aromatic N) is 2. The Morgan fingerprint density at radius 3 is 2.95 bits per heavy atom. The van der Waals surface area contributed by atoms with E-state index in [4.69, 9.17) is 5.73 Å². The lowest BCUT2D eigenvalue weighted by Gasteiger charge is -2.23. The lowest BCUT2D eigenvalue weighted by molar-refractivity contribution is 0.561. The zero-order chi connectivity index (χ0) is 14.2. The van der Waals surface area contributed by atoms with E-state index in [1.54, 1.807) is 12.1 Å². The van der Waals surface area contributed by atoms with E-state index in [0.29, 0.717) is 17.9 Å². The third-order valence-electron chi connectivity index (χ3n) is 3.46. The molecule has 7 heteroatoms. The molecule has 20 heavy (non-hydrogen) atoms. The number of benzene rings is 1. The number of rotatable bonds is 2. The zero-order valence-electron chi connectivity index (χ0n) is 10.9. The largest absolute Gasteiger partial charge is 0.399 e. The summed E-state index contributed by atoms with van der Waals surface area (Å²) in [7, 11) is -2.94. The molecule has 0 spiro atoms. The van der Waals surface area contributed by atoms with E-state index in [1.807, 2.05) is 6.07 Å². The predicted molar refractivity (Wildman–Crippen MR) is 79.2 cm³/mol. The van der Waals surface area contributed by atoms with E-state index in [9.17, 15) is 8.42 Å². The van der Waals surface area contributed by atoms with Crippen LogP contribution in [0.25, 0.3) is 10.9 Å². The molecule has 0 bridgehead atoms. The summed E-state index contributed by atoms with van der Waals surface area (Å²) in [6.45, 7) is 0. The van der Waals surface area contributed by atoms with Gasteiger partial charge in [-0.1, -0.05) is 0 Å². The molecule has 0 amide bonds. The SMILES string of the molecule is Nc1ccc2c(NC3CCCS(=O)(=O)C3)ncnc2c1. The van der Waals surface area contributed by atoms with Gasteiger partial charge >= 0.3 is 0 Å². The Labute approximate surface area is 117 Å². The smallest absolute Gasteiger partial charge is 0.152 e. The molecule has 1 aliphatic heterocycles. The molecule has 2 aromatic rings. The maximum absolute atomic E-state index is 11.7. The van der Waals surface area contributed by atoms with Gasteiger partial charge in [0, 0.05) is 17.1 Å². The van der Waals surface area contributed by atoms with Gasteiger partial charge in [-0.3, -0.25) is 0 Å². The first kappa shape index (κ1) is 13.1. The summed E-state index contributed by atoms with van der Waals surface area (Å²) in [5.74, 6) is 1.11. The molecule has 1 aromatic carbocycles. The minimum absolute atomic E-state index is 0.0931. The molecule has 0 aliphatic carbocycles. The number of hydrogen-bond acceptors (Lipinski definition) is 6. The van der Waals surface area contributed by atoms with Gasteiger partial charge in [0.2, 0.25) is 0 Å². The van der Waals surface area contributed by atoms with Gasteiger partial charge in [-0.25, -0.2) is 18.4 Å². The number of nitrogens with two attached hydrogens (primary N) is 1. The van der Waals surface area contributed by atoms with Crippen molar-refractivity contribution in [3.63, 3.8) is 0 Å². The molecule has 3 rings (SSSR count). The molecule has 106 valence electrons. The molecule has 1 aromatic heterocycles. The summed E-state index contributed by atoms with van der Waals surface area (Å²) in [4.78, 5) is 8.40. The molecule has 1 atom stereocenters. The van der Waals surface area contributed by atoms with E-state index in [1.165, 1.54) is 6.33 Å². The van der Waals surface area contributed by atoms with Gasteiger partial charge in [0.25, 0.3) is 0 Å². The number of aromatic nitrogens is 2. The van der Waals surface area contributed by atoms with Gasteiger partial charge < -0.3 is 11.1 Å². The van der Waals surface area contributed by atoms with Crippen LogP contribution in [0.2, 0.25) is 0 Å². The van der Waals surface area contributed by atoms with Crippen molar-refractivity contribution in [1.29, 1.82) is 0 Å². The number of anilines is 2. The van der Waals surface area contributed by atoms with Gasteiger partial charge in [0.05, 0.1) is 17.0 Å². The molecule has 1 unspecified atom stereocenters. The molecule has 0 saturated carbocycles. The monoisotopic (exact) mass is 292 g/mol. The first-order chi connectivity index (χ1) is 9.53. The van der Waals surface area contributed by atoms with Gasteiger partial charge in [-0.2, -0.15) is 0 Å². The average molecular weight is 292 g/mol. The van der Waals surface area contributed by atoms with Crippen LogP contribution in [0.4, 0.5) is 11.5 Å².